The Hall–Kier alpha value is -2.76. The Kier molecular flexibility index (Phi) is 5.72. The normalized spacial score (nSPS) is 10.8. The molecule has 4 N–H and O–H groups in total. The third-order valence-electron chi connectivity index (χ3n) is 3.94. The highest BCUT2D eigenvalue weighted by Crippen LogP contribution is 2.23. The largest absolute Gasteiger partial charge is 0.351 e. The number of pyridine rings is 1. The number of para-hydroxylation sites is 1. The zero-order valence-corrected chi connectivity index (χ0v) is 14.0. The number of amides is 1. The van der Waals surface area contributed by atoms with E-state index in [4.69, 9.17) is 10.7 Å². The smallest absolute Gasteiger partial charge is 0.253 e. The molecule has 0 aliphatic rings. The van der Waals surface area contributed by atoms with E-state index in [2.05, 4.69) is 10.6 Å². The van der Waals surface area contributed by atoms with Crippen molar-refractivity contribution in [3.8, 4) is 11.3 Å². The van der Waals surface area contributed by atoms with Gasteiger partial charge in [0, 0.05) is 37.1 Å². The van der Waals surface area contributed by atoms with E-state index in [0.29, 0.717) is 25.2 Å². The summed E-state index contributed by atoms with van der Waals surface area (Å²) >= 11 is 0. The van der Waals surface area contributed by atoms with Crippen LogP contribution in [0.25, 0.3) is 22.2 Å². The van der Waals surface area contributed by atoms with Gasteiger partial charge in [0.25, 0.3) is 5.91 Å². The Labute approximate surface area is 147 Å². The standard InChI is InChI=1S/C20H22N4O/c21-11-12-22-13-14-23-20(25)17-8-4-7-16-9-10-18(24-19(16)17)15-5-2-1-3-6-15/h1-10,22H,11-14,21H2,(H,23,25). The number of rotatable bonds is 7. The zero-order valence-electron chi connectivity index (χ0n) is 14.0. The predicted octanol–water partition coefficient (Wildman–Crippen LogP) is 2.18. The van der Waals surface area contributed by atoms with Gasteiger partial charge in [0.2, 0.25) is 0 Å². The van der Waals surface area contributed by atoms with Gasteiger partial charge in [-0.1, -0.05) is 48.5 Å². The van der Waals surface area contributed by atoms with Gasteiger partial charge in [0.1, 0.15) is 0 Å². The number of nitrogens with zero attached hydrogens (tertiary/aromatic N) is 1. The van der Waals surface area contributed by atoms with Crippen molar-refractivity contribution in [1.29, 1.82) is 0 Å². The first-order valence-electron chi connectivity index (χ1n) is 8.44. The maximum Gasteiger partial charge on any atom is 0.253 e. The van der Waals surface area contributed by atoms with Crippen LogP contribution in [-0.4, -0.2) is 37.1 Å². The maximum atomic E-state index is 12.5. The molecule has 2 aromatic carbocycles. The van der Waals surface area contributed by atoms with E-state index in [1.54, 1.807) is 0 Å². The molecule has 128 valence electrons. The number of carbonyl (C=O) groups is 1. The summed E-state index contributed by atoms with van der Waals surface area (Å²) in [5.74, 6) is -0.113. The summed E-state index contributed by atoms with van der Waals surface area (Å²) in [6.07, 6.45) is 0. The van der Waals surface area contributed by atoms with Crippen LogP contribution in [0, 0.1) is 0 Å². The first-order valence-corrected chi connectivity index (χ1v) is 8.44. The number of nitrogens with one attached hydrogen (secondary N) is 2. The van der Waals surface area contributed by atoms with Gasteiger partial charge >= 0.3 is 0 Å². The minimum atomic E-state index is -0.113. The number of fused-ring (bicyclic) bond motifs is 1. The van der Waals surface area contributed by atoms with Gasteiger partial charge in [-0.2, -0.15) is 0 Å². The molecule has 0 unspecified atom stereocenters. The summed E-state index contributed by atoms with van der Waals surface area (Å²) in [7, 11) is 0. The molecule has 3 aromatic rings. The summed E-state index contributed by atoms with van der Waals surface area (Å²) in [5.41, 5.74) is 8.63. The molecule has 0 atom stereocenters. The molecule has 0 bridgehead atoms. The van der Waals surface area contributed by atoms with E-state index in [1.165, 1.54) is 0 Å². The molecule has 1 aromatic heterocycles. The van der Waals surface area contributed by atoms with Crippen LogP contribution in [0.3, 0.4) is 0 Å². The third-order valence-corrected chi connectivity index (χ3v) is 3.94. The van der Waals surface area contributed by atoms with Gasteiger partial charge in [0.05, 0.1) is 16.8 Å². The van der Waals surface area contributed by atoms with Crippen LogP contribution >= 0.6 is 0 Å². The summed E-state index contributed by atoms with van der Waals surface area (Å²) in [4.78, 5) is 17.3. The molecule has 0 saturated heterocycles. The molecule has 25 heavy (non-hydrogen) atoms. The Balaban J connectivity index is 1.84. The fourth-order valence-electron chi connectivity index (χ4n) is 2.69. The maximum absolute atomic E-state index is 12.5. The average Bonchev–Trinajstić information content (AvgIpc) is 2.67. The molecule has 5 heteroatoms. The van der Waals surface area contributed by atoms with E-state index in [0.717, 1.165) is 28.7 Å². The first kappa shape index (κ1) is 17.1. The van der Waals surface area contributed by atoms with E-state index in [-0.39, 0.29) is 5.91 Å². The highest BCUT2D eigenvalue weighted by atomic mass is 16.1. The third kappa shape index (κ3) is 4.21. The number of hydrogen-bond donors (Lipinski definition) is 3. The average molecular weight is 334 g/mol. The molecular weight excluding hydrogens is 312 g/mol. The predicted molar refractivity (Wildman–Crippen MR) is 101 cm³/mol. The van der Waals surface area contributed by atoms with Crippen LogP contribution in [0.15, 0.2) is 60.7 Å². The van der Waals surface area contributed by atoms with Gasteiger partial charge < -0.3 is 16.4 Å². The van der Waals surface area contributed by atoms with E-state index >= 15 is 0 Å². The van der Waals surface area contributed by atoms with E-state index in [1.807, 2.05) is 60.7 Å². The molecule has 0 fully saturated rings. The summed E-state index contributed by atoms with van der Waals surface area (Å²) in [5, 5.41) is 7.03. The quantitative estimate of drug-likeness (QED) is 0.579. The number of benzene rings is 2. The minimum Gasteiger partial charge on any atom is -0.351 e. The van der Waals surface area contributed by atoms with Crippen molar-refractivity contribution in [2.45, 2.75) is 0 Å². The highest BCUT2D eigenvalue weighted by molar-refractivity contribution is 6.05. The van der Waals surface area contributed by atoms with Crippen LogP contribution in [-0.2, 0) is 0 Å². The summed E-state index contributed by atoms with van der Waals surface area (Å²) < 4.78 is 0. The van der Waals surface area contributed by atoms with Crippen LogP contribution in [0.4, 0.5) is 0 Å². The van der Waals surface area contributed by atoms with Gasteiger partial charge in [0.15, 0.2) is 0 Å². The Morgan fingerprint density at radius 2 is 1.76 bits per heavy atom. The Bertz CT molecular complexity index is 849. The van der Waals surface area contributed by atoms with Gasteiger partial charge in [-0.05, 0) is 12.1 Å². The highest BCUT2D eigenvalue weighted by Gasteiger charge is 2.11. The number of hydrogen-bond acceptors (Lipinski definition) is 4. The fraction of sp³-hybridized carbons (Fsp3) is 0.200. The topological polar surface area (TPSA) is 80.0 Å². The van der Waals surface area contributed by atoms with Gasteiger partial charge in [-0.25, -0.2) is 4.98 Å². The lowest BCUT2D eigenvalue weighted by atomic mass is 10.1. The van der Waals surface area contributed by atoms with Crippen molar-refractivity contribution in [3.63, 3.8) is 0 Å². The lowest BCUT2D eigenvalue weighted by Crippen LogP contribution is -2.33. The molecule has 0 spiro atoms. The number of aromatic nitrogens is 1. The summed E-state index contributed by atoms with van der Waals surface area (Å²) in [6, 6.07) is 19.6. The van der Waals surface area contributed by atoms with Gasteiger partial charge in [-0.3, -0.25) is 4.79 Å². The lowest BCUT2D eigenvalue weighted by molar-refractivity contribution is 0.0955. The SMILES string of the molecule is NCCNCCNC(=O)c1cccc2ccc(-c3ccccc3)nc12. The molecule has 0 aliphatic carbocycles. The summed E-state index contributed by atoms with van der Waals surface area (Å²) in [6.45, 7) is 2.57. The monoisotopic (exact) mass is 334 g/mol. The van der Waals surface area contributed by atoms with E-state index in [9.17, 15) is 4.79 Å². The molecule has 0 radical (unpaired) electrons. The Morgan fingerprint density at radius 3 is 2.56 bits per heavy atom. The van der Waals surface area contributed by atoms with Crippen molar-refractivity contribution in [2.75, 3.05) is 26.2 Å². The molecule has 0 aliphatic heterocycles. The molecule has 3 rings (SSSR count). The molecule has 5 nitrogen and oxygen atoms in total. The second kappa shape index (κ2) is 8.37. The fourth-order valence-corrected chi connectivity index (χ4v) is 2.69. The van der Waals surface area contributed by atoms with Crippen molar-refractivity contribution in [1.82, 2.24) is 15.6 Å². The van der Waals surface area contributed by atoms with Crippen molar-refractivity contribution in [3.05, 3.63) is 66.2 Å². The van der Waals surface area contributed by atoms with Crippen molar-refractivity contribution < 1.29 is 4.79 Å². The first-order chi connectivity index (χ1) is 12.3. The van der Waals surface area contributed by atoms with E-state index < -0.39 is 0 Å². The second-order valence-electron chi connectivity index (χ2n) is 5.73. The second-order valence-corrected chi connectivity index (χ2v) is 5.73. The zero-order chi connectivity index (χ0) is 17.5. The van der Waals surface area contributed by atoms with Crippen LogP contribution < -0.4 is 16.4 Å². The van der Waals surface area contributed by atoms with Crippen LogP contribution in [0.1, 0.15) is 10.4 Å². The number of nitrogens with two attached hydrogens (primary N) is 1. The molecule has 1 heterocycles. The van der Waals surface area contributed by atoms with Crippen molar-refractivity contribution in [2.24, 2.45) is 5.73 Å². The van der Waals surface area contributed by atoms with Crippen LogP contribution in [0.5, 0.6) is 0 Å². The van der Waals surface area contributed by atoms with Gasteiger partial charge in [-0.15, -0.1) is 0 Å². The minimum absolute atomic E-state index is 0.113. The Morgan fingerprint density at radius 1 is 0.920 bits per heavy atom. The lowest BCUT2D eigenvalue weighted by Gasteiger charge is -2.09. The molecule has 0 saturated carbocycles. The molecular formula is C20H22N4O. The molecule has 1 amide bonds. The number of carbonyl (C=O) groups excluding carboxylic acids is 1. The van der Waals surface area contributed by atoms with Crippen LogP contribution in [0.2, 0.25) is 0 Å². The van der Waals surface area contributed by atoms with Crippen molar-refractivity contribution >= 4 is 16.8 Å².